The molecule has 0 unspecified atom stereocenters. The number of rotatable bonds is 6. The maximum absolute atomic E-state index is 12.0. The van der Waals surface area contributed by atoms with E-state index in [0.29, 0.717) is 19.7 Å². The average molecular weight is 279 g/mol. The number of esters is 1. The Bertz CT molecular complexity index is 463. The molecule has 1 rings (SSSR count). The first kappa shape index (κ1) is 15.9. The molecule has 0 spiro atoms. The Morgan fingerprint density at radius 2 is 2.10 bits per heavy atom. The smallest absolute Gasteiger partial charge is 0.325 e. The Morgan fingerprint density at radius 1 is 1.35 bits per heavy atom. The molecule has 0 aromatic carbocycles. The summed E-state index contributed by atoms with van der Waals surface area (Å²) in [6, 6.07) is 5.38. The highest BCUT2D eigenvalue weighted by Gasteiger charge is 2.14. The number of carbonyl (C=O) groups excluding carboxylic acids is 2. The monoisotopic (exact) mass is 279 g/mol. The van der Waals surface area contributed by atoms with Gasteiger partial charge in [-0.2, -0.15) is 0 Å². The first-order chi connectivity index (χ1) is 9.56. The number of hydrogen-bond acceptors (Lipinski definition) is 4. The second kappa shape index (κ2) is 8.14. The van der Waals surface area contributed by atoms with Gasteiger partial charge in [0.05, 0.1) is 18.8 Å². The maximum Gasteiger partial charge on any atom is 0.325 e. The molecule has 0 atom stereocenters. The van der Waals surface area contributed by atoms with E-state index in [2.05, 4.69) is 10.3 Å². The number of aromatic nitrogens is 1. The molecule has 6 heteroatoms. The lowest BCUT2D eigenvalue weighted by molar-refractivity contribution is -0.141. The summed E-state index contributed by atoms with van der Waals surface area (Å²) in [5, 5.41) is 2.54. The van der Waals surface area contributed by atoms with E-state index in [1.165, 1.54) is 0 Å². The number of nitrogens with zero attached hydrogens (tertiary/aromatic N) is 2. The number of carbonyl (C=O) groups is 2. The van der Waals surface area contributed by atoms with E-state index in [1.807, 2.05) is 32.0 Å². The first-order valence-corrected chi connectivity index (χ1v) is 6.67. The highest BCUT2D eigenvalue weighted by Crippen LogP contribution is 2.03. The highest BCUT2D eigenvalue weighted by molar-refractivity contribution is 5.80. The molecular formula is C14H21N3O3. The molecule has 0 aliphatic carbocycles. The van der Waals surface area contributed by atoms with Crippen LogP contribution in [0.1, 0.15) is 25.2 Å². The summed E-state index contributed by atoms with van der Waals surface area (Å²) in [6.45, 7) is 6.63. The van der Waals surface area contributed by atoms with Gasteiger partial charge < -0.3 is 15.0 Å². The minimum Gasteiger partial charge on any atom is -0.465 e. The molecule has 110 valence electrons. The third-order valence-electron chi connectivity index (χ3n) is 2.66. The molecule has 6 nitrogen and oxygen atoms in total. The predicted octanol–water partition coefficient (Wildman–Crippen LogP) is 1.48. The van der Waals surface area contributed by atoms with E-state index in [9.17, 15) is 9.59 Å². The Labute approximate surface area is 119 Å². The van der Waals surface area contributed by atoms with Gasteiger partial charge >= 0.3 is 12.0 Å². The third-order valence-corrected chi connectivity index (χ3v) is 2.66. The van der Waals surface area contributed by atoms with E-state index >= 15 is 0 Å². The fraction of sp³-hybridized carbons (Fsp3) is 0.500. The minimum absolute atomic E-state index is 0.121. The molecule has 0 aliphatic heterocycles. The van der Waals surface area contributed by atoms with Gasteiger partial charge in [-0.05, 0) is 32.9 Å². The quantitative estimate of drug-likeness (QED) is 0.801. The number of hydrogen-bond donors (Lipinski definition) is 1. The predicted molar refractivity (Wildman–Crippen MR) is 75.1 cm³/mol. The summed E-state index contributed by atoms with van der Waals surface area (Å²) >= 11 is 0. The van der Waals surface area contributed by atoms with Crippen LogP contribution in [0.2, 0.25) is 0 Å². The molecule has 0 aliphatic rings. The fourth-order valence-electron chi connectivity index (χ4n) is 1.68. The Morgan fingerprint density at radius 3 is 2.70 bits per heavy atom. The van der Waals surface area contributed by atoms with E-state index in [0.717, 1.165) is 11.4 Å². The molecule has 0 saturated heterocycles. The molecule has 0 radical (unpaired) electrons. The summed E-state index contributed by atoms with van der Waals surface area (Å²) in [6.07, 6.45) is 0. The van der Waals surface area contributed by atoms with E-state index < -0.39 is 5.97 Å². The second-order valence-corrected chi connectivity index (χ2v) is 4.25. The minimum atomic E-state index is -0.439. The SMILES string of the molecule is CCOC(=O)CNC(=O)N(CC)Cc1cccc(C)n1. The van der Waals surface area contributed by atoms with Crippen molar-refractivity contribution in [2.24, 2.45) is 0 Å². The molecule has 1 aromatic rings. The largest absolute Gasteiger partial charge is 0.465 e. The van der Waals surface area contributed by atoms with Crippen LogP contribution in [0.3, 0.4) is 0 Å². The third kappa shape index (κ3) is 5.26. The molecule has 1 aromatic heterocycles. The zero-order valence-corrected chi connectivity index (χ0v) is 12.2. The number of urea groups is 1. The van der Waals surface area contributed by atoms with Crippen molar-refractivity contribution in [2.45, 2.75) is 27.3 Å². The Hall–Kier alpha value is -2.11. The van der Waals surface area contributed by atoms with Gasteiger partial charge in [0.2, 0.25) is 0 Å². The summed E-state index contributed by atoms with van der Waals surface area (Å²) in [7, 11) is 0. The summed E-state index contributed by atoms with van der Waals surface area (Å²) in [5.74, 6) is -0.439. The summed E-state index contributed by atoms with van der Waals surface area (Å²) < 4.78 is 4.76. The van der Waals surface area contributed by atoms with Crippen molar-refractivity contribution in [3.05, 3.63) is 29.6 Å². The van der Waals surface area contributed by atoms with Crippen LogP contribution in [0.5, 0.6) is 0 Å². The van der Waals surface area contributed by atoms with E-state index in [4.69, 9.17) is 4.74 Å². The van der Waals surface area contributed by atoms with Gasteiger partial charge in [-0.25, -0.2) is 4.79 Å². The average Bonchev–Trinajstić information content (AvgIpc) is 2.42. The van der Waals surface area contributed by atoms with Crippen LogP contribution in [0.4, 0.5) is 4.79 Å². The highest BCUT2D eigenvalue weighted by atomic mass is 16.5. The zero-order chi connectivity index (χ0) is 15.0. The van der Waals surface area contributed by atoms with Crippen LogP contribution in [-0.4, -0.2) is 41.6 Å². The maximum atomic E-state index is 12.0. The lowest BCUT2D eigenvalue weighted by Gasteiger charge is -2.20. The molecule has 0 fully saturated rings. The van der Waals surface area contributed by atoms with Gasteiger partial charge in [0.15, 0.2) is 0 Å². The molecule has 0 bridgehead atoms. The fourth-order valence-corrected chi connectivity index (χ4v) is 1.68. The number of amides is 2. The Balaban J connectivity index is 2.53. The molecule has 1 heterocycles. The van der Waals surface area contributed by atoms with E-state index in [1.54, 1.807) is 11.8 Å². The van der Waals surface area contributed by atoms with Gasteiger partial charge in [-0.3, -0.25) is 9.78 Å². The van der Waals surface area contributed by atoms with Gasteiger partial charge in [0.25, 0.3) is 0 Å². The number of ether oxygens (including phenoxy) is 1. The first-order valence-electron chi connectivity index (χ1n) is 6.67. The molecular weight excluding hydrogens is 258 g/mol. The van der Waals surface area contributed by atoms with Crippen LogP contribution in [0, 0.1) is 6.92 Å². The second-order valence-electron chi connectivity index (χ2n) is 4.25. The zero-order valence-electron chi connectivity index (χ0n) is 12.2. The van der Waals surface area contributed by atoms with Crippen LogP contribution in [0.15, 0.2) is 18.2 Å². The van der Waals surface area contributed by atoms with Gasteiger partial charge in [-0.15, -0.1) is 0 Å². The number of aryl methyl sites for hydroxylation is 1. The van der Waals surface area contributed by atoms with Gasteiger partial charge in [0.1, 0.15) is 6.54 Å². The summed E-state index contributed by atoms with van der Waals surface area (Å²) in [4.78, 5) is 29.1. The van der Waals surface area contributed by atoms with Crippen molar-refractivity contribution < 1.29 is 14.3 Å². The molecule has 1 N–H and O–H groups in total. The standard InChI is InChI=1S/C14H21N3O3/c1-4-17(10-12-8-6-7-11(3)16-12)14(19)15-9-13(18)20-5-2/h6-8H,4-5,9-10H2,1-3H3,(H,15,19). The van der Waals surface area contributed by atoms with Gasteiger partial charge in [0, 0.05) is 12.2 Å². The van der Waals surface area contributed by atoms with E-state index in [-0.39, 0.29) is 12.6 Å². The van der Waals surface area contributed by atoms with Gasteiger partial charge in [-0.1, -0.05) is 6.07 Å². The lowest BCUT2D eigenvalue weighted by Crippen LogP contribution is -2.42. The van der Waals surface area contributed by atoms with Crippen molar-refractivity contribution >= 4 is 12.0 Å². The van der Waals surface area contributed by atoms with Crippen LogP contribution < -0.4 is 5.32 Å². The molecule has 2 amide bonds. The van der Waals surface area contributed by atoms with Crippen LogP contribution >= 0.6 is 0 Å². The number of nitrogens with one attached hydrogen (secondary N) is 1. The summed E-state index contributed by atoms with van der Waals surface area (Å²) in [5.41, 5.74) is 1.73. The normalized spacial score (nSPS) is 9.95. The lowest BCUT2D eigenvalue weighted by atomic mass is 10.3. The molecule has 20 heavy (non-hydrogen) atoms. The van der Waals surface area contributed by atoms with Crippen molar-refractivity contribution in [2.75, 3.05) is 19.7 Å². The number of pyridine rings is 1. The van der Waals surface area contributed by atoms with Crippen molar-refractivity contribution in [3.8, 4) is 0 Å². The van der Waals surface area contributed by atoms with Crippen molar-refractivity contribution in [1.29, 1.82) is 0 Å². The van der Waals surface area contributed by atoms with Crippen LogP contribution in [-0.2, 0) is 16.1 Å². The molecule has 0 saturated carbocycles. The van der Waals surface area contributed by atoms with Crippen LogP contribution in [0.25, 0.3) is 0 Å². The van der Waals surface area contributed by atoms with Crippen molar-refractivity contribution in [3.63, 3.8) is 0 Å². The Kier molecular flexibility index (Phi) is 6.49. The topological polar surface area (TPSA) is 71.5 Å². The van der Waals surface area contributed by atoms with Crippen molar-refractivity contribution in [1.82, 2.24) is 15.2 Å².